The van der Waals surface area contributed by atoms with Gasteiger partial charge in [-0.05, 0) is 24.0 Å². The molecule has 0 saturated heterocycles. The van der Waals surface area contributed by atoms with Gasteiger partial charge in [0.25, 0.3) is 0 Å². The molecule has 3 unspecified atom stereocenters. The predicted molar refractivity (Wildman–Crippen MR) is 71.2 cm³/mol. The Bertz CT molecular complexity index is 617. The Morgan fingerprint density at radius 2 is 2.05 bits per heavy atom. The molecule has 1 aliphatic heterocycles. The van der Waals surface area contributed by atoms with Crippen molar-refractivity contribution in [1.82, 2.24) is 5.32 Å². The number of benzene rings is 1. The average Bonchev–Trinajstić information content (AvgIpc) is 2.36. The van der Waals surface area contributed by atoms with Crippen molar-refractivity contribution in [3.63, 3.8) is 0 Å². The summed E-state index contributed by atoms with van der Waals surface area (Å²) in [5.41, 5.74) is 0.404. The lowest BCUT2D eigenvalue weighted by molar-refractivity contribution is -0.0631. The van der Waals surface area contributed by atoms with E-state index in [0.29, 0.717) is 19.4 Å². The number of hydrogen-bond acceptors (Lipinski definition) is 5. The van der Waals surface area contributed by atoms with Gasteiger partial charge in [-0.2, -0.15) is 8.42 Å². The average molecular weight is 299 g/mol. The molecule has 1 aromatic carbocycles. The van der Waals surface area contributed by atoms with Crippen LogP contribution in [0.3, 0.4) is 0 Å². The molecule has 2 aliphatic rings. The second-order valence-corrected chi connectivity index (χ2v) is 6.45. The minimum atomic E-state index is -4.62. The molecule has 6 nitrogen and oxygen atoms in total. The number of rotatable bonds is 2. The third-order valence-corrected chi connectivity index (χ3v) is 4.66. The molecular weight excluding hydrogens is 282 g/mol. The summed E-state index contributed by atoms with van der Waals surface area (Å²) in [5.74, 6) is 0. The van der Waals surface area contributed by atoms with E-state index in [4.69, 9.17) is 8.74 Å². The molecule has 1 saturated carbocycles. The van der Waals surface area contributed by atoms with Crippen LogP contribution >= 0.6 is 0 Å². The van der Waals surface area contributed by atoms with Crippen LogP contribution in [0.15, 0.2) is 24.3 Å². The predicted octanol–water partition coefficient (Wildman–Crippen LogP) is 0.718. The summed E-state index contributed by atoms with van der Waals surface area (Å²) in [6.07, 6.45) is 0.657. The normalized spacial score (nSPS) is 33.3. The summed E-state index contributed by atoms with van der Waals surface area (Å²) in [4.78, 5) is 0. The molecule has 3 N–H and O–H groups in total. The van der Waals surface area contributed by atoms with Gasteiger partial charge in [0.1, 0.15) is 5.60 Å². The molecule has 0 amide bonds. The zero-order valence-corrected chi connectivity index (χ0v) is 11.6. The summed E-state index contributed by atoms with van der Waals surface area (Å²) >= 11 is 0. The zero-order chi connectivity index (χ0) is 14.4. The van der Waals surface area contributed by atoms with E-state index >= 15 is 0 Å². The van der Waals surface area contributed by atoms with Crippen LogP contribution in [-0.4, -0.2) is 30.2 Å². The summed E-state index contributed by atoms with van der Waals surface area (Å²) < 4.78 is 36.8. The van der Waals surface area contributed by atoms with Gasteiger partial charge in [0.05, 0.1) is 6.10 Å². The fourth-order valence-electron chi connectivity index (χ4n) is 3.40. The molecule has 0 radical (unpaired) electrons. The first-order valence-corrected chi connectivity index (χ1v) is 7.95. The number of nitrogens with one attached hydrogen (secondary N) is 1. The molecule has 0 aromatic heterocycles. The van der Waals surface area contributed by atoms with Crippen LogP contribution in [0, 0.1) is 0 Å². The van der Waals surface area contributed by atoms with Crippen molar-refractivity contribution < 1.29 is 22.3 Å². The summed E-state index contributed by atoms with van der Waals surface area (Å²) in [7, 11) is -4.62. The number of hydrogen-bond donors (Lipinski definition) is 3. The largest absolute Gasteiger partial charge is 0.398 e. The summed E-state index contributed by atoms with van der Waals surface area (Å²) in [6, 6.07) is 7.10. The summed E-state index contributed by atoms with van der Waals surface area (Å²) in [6.45, 7) is 0.619. The third-order valence-electron chi connectivity index (χ3n) is 4.16. The van der Waals surface area contributed by atoms with E-state index in [-0.39, 0.29) is 12.5 Å². The van der Waals surface area contributed by atoms with Crippen molar-refractivity contribution in [1.29, 1.82) is 0 Å². The maximum absolute atomic E-state index is 11.3. The molecule has 0 spiro atoms. The fourth-order valence-corrected chi connectivity index (χ4v) is 4.05. The highest BCUT2D eigenvalue weighted by Crippen LogP contribution is 2.45. The van der Waals surface area contributed by atoms with E-state index in [2.05, 4.69) is 5.32 Å². The van der Waals surface area contributed by atoms with Crippen LogP contribution < -0.4 is 5.32 Å². The molecule has 3 atom stereocenters. The van der Waals surface area contributed by atoms with Gasteiger partial charge in [0, 0.05) is 19.0 Å². The highest BCUT2D eigenvalue weighted by molar-refractivity contribution is 7.80. The maximum Gasteiger partial charge on any atom is 0.398 e. The molecule has 1 aliphatic carbocycles. The van der Waals surface area contributed by atoms with Gasteiger partial charge >= 0.3 is 10.4 Å². The minimum Gasteiger partial charge on any atom is -0.393 e. The van der Waals surface area contributed by atoms with Crippen LogP contribution in [0.1, 0.15) is 30.4 Å². The van der Waals surface area contributed by atoms with Gasteiger partial charge < -0.3 is 10.4 Å². The van der Waals surface area contributed by atoms with Crippen LogP contribution in [0.2, 0.25) is 0 Å². The molecule has 20 heavy (non-hydrogen) atoms. The van der Waals surface area contributed by atoms with Gasteiger partial charge in [-0.15, -0.1) is 0 Å². The van der Waals surface area contributed by atoms with Gasteiger partial charge in [0.15, 0.2) is 0 Å². The van der Waals surface area contributed by atoms with Crippen molar-refractivity contribution in [3.8, 4) is 0 Å². The Morgan fingerprint density at radius 1 is 1.30 bits per heavy atom. The van der Waals surface area contributed by atoms with Gasteiger partial charge in [-0.25, -0.2) is 4.18 Å². The zero-order valence-electron chi connectivity index (χ0n) is 10.8. The lowest BCUT2D eigenvalue weighted by Crippen LogP contribution is -2.58. The molecule has 110 valence electrons. The standard InChI is InChI=1S/C13H17NO5S/c15-10-5-6-12-13(7-10,19-20(16,17)18)11-4-2-1-3-9(11)8-14-12/h1-4,10,12,14-15H,5-8H2,(H,16,17,18). The highest BCUT2D eigenvalue weighted by Gasteiger charge is 2.51. The first-order chi connectivity index (χ1) is 9.41. The smallest absolute Gasteiger partial charge is 0.393 e. The molecule has 7 heteroatoms. The lowest BCUT2D eigenvalue weighted by atomic mass is 9.71. The Hall–Kier alpha value is -0.990. The van der Waals surface area contributed by atoms with Crippen LogP contribution in [0.4, 0.5) is 0 Å². The van der Waals surface area contributed by atoms with E-state index < -0.39 is 22.1 Å². The quantitative estimate of drug-likeness (QED) is 0.696. The summed E-state index contributed by atoms with van der Waals surface area (Å²) in [5, 5.41) is 13.2. The second-order valence-electron chi connectivity index (χ2n) is 5.43. The number of aliphatic hydroxyl groups is 1. The molecule has 3 rings (SSSR count). The van der Waals surface area contributed by atoms with Crippen molar-refractivity contribution in [2.24, 2.45) is 0 Å². The first kappa shape index (κ1) is 14.0. The van der Waals surface area contributed by atoms with Crippen LogP contribution in [0.5, 0.6) is 0 Å². The van der Waals surface area contributed by atoms with Crippen molar-refractivity contribution in [3.05, 3.63) is 35.4 Å². The maximum atomic E-state index is 11.3. The van der Waals surface area contributed by atoms with E-state index in [9.17, 15) is 13.5 Å². The Kier molecular flexibility index (Phi) is 3.34. The van der Waals surface area contributed by atoms with Crippen molar-refractivity contribution in [2.75, 3.05) is 0 Å². The SMILES string of the molecule is O=S(=O)(O)OC12CC(O)CCC1NCc1ccccc12. The van der Waals surface area contributed by atoms with Crippen molar-refractivity contribution >= 4 is 10.4 Å². The lowest BCUT2D eigenvalue weighted by Gasteiger charge is -2.48. The highest BCUT2D eigenvalue weighted by atomic mass is 32.3. The van der Waals surface area contributed by atoms with Crippen molar-refractivity contribution in [2.45, 2.75) is 43.6 Å². The topological polar surface area (TPSA) is 95.9 Å². The van der Waals surface area contributed by atoms with Gasteiger partial charge in [-0.1, -0.05) is 24.3 Å². The third kappa shape index (κ3) is 2.36. The van der Waals surface area contributed by atoms with Gasteiger partial charge in [-0.3, -0.25) is 4.55 Å². The Labute approximate surface area is 117 Å². The van der Waals surface area contributed by atoms with E-state index in [1.165, 1.54) is 0 Å². The van der Waals surface area contributed by atoms with E-state index in [1.807, 2.05) is 12.1 Å². The molecule has 1 aromatic rings. The molecular formula is C13H17NO5S. The Morgan fingerprint density at radius 3 is 2.80 bits per heavy atom. The molecule has 1 fully saturated rings. The molecule has 1 heterocycles. The first-order valence-electron chi connectivity index (χ1n) is 6.59. The minimum absolute atomic E-state index is 0.140. The van der Waals surface area contributed by atoms with Crippen LogP contribution in [0.25, 0.3) is 0 Å². The fraction of sp³-hybridized carbons (Fsp3) is 0.538. The van der Waals surface area contributed by atoms with Crippen LogP contribution in [-0.2, 0) is 26.7 Å². The second kappa shape index (κ2) is 4.78. The Balaban J connectivity index is 2.14. The van der Waals surface area contributed by atoms with E-state index in [0.717, 1.165) is 11.1 Å². The van der Waals surface area contributed by atoms with Gasteiger partial charge in [0.2, 0.25) is 0 Å². The number of aliphatic hydroxyl groups excluding tert-OH is 1. The monoisotopic (exact) mass is 299 g/mol. The molecule has 0 bridgehead atoms. The number of fused-ring (bicyclic) bond motifs is 3. The van der Waals surface area contributed by atoms with E-state index in [1.54, 1.807) is 12.1 Å².